The van der Waals surface area contributed by atoms with Crippen molar-refractivity contribution in [3.05, 3.63) is 59.0 Å². The smallest absolute Gasteiger partial charge is 0.417 e. The Labute approximate surface area is 194 Å². The highest BCUT2D eigenvalue weighted by Crippen LogP contribution is 2.31. The van der Waals surface area contributed by atoms with E-state index >= 15 is 0 Å². The zero-order valence-corrected chi connectivity index (χ0v) is 18.6. The van der Waals surface area contributed by atoms with Crippen LogP contribution in [-0.2, 0) is 20.3 Å². The van der Waals surface area contributed by atoms with Crippen molar-refractivity contribution >= 4 is 34.1 Å². The summed E-state index contributed by atoms with van der Waals surface area (Å²) >= 11 is 0. The minimum absolute atomic E-state index is 0.140. The number of nitrogens with zero attached hydrogens (tertiary/aromatic N) is 7. The van der Waals surface area contributed by atoms with Gasteiger partial charge in [0.25, 0.3) is 5.56 Å². The Morgan fingerprint density at radius 2 is 1.83 bits per heavy atom. The Hall–Kier alpha value is -4.62. The van der Waals surface area contributed by atoms with Crippen LogP contribution in [-0.4, -0.2) is 40.7 Å². The van der Waals surface area contributed by atoms with Crippen molar-refractivity contribution in [3.63, 3.8) is 0 Å². The number of imidazole rings is 1. The van der Waals surface area contributed by atoms with E-state index in [2.05, 4.69) is 30.7 Å². The number of nitrogens with one attached hydrogen (secondary N) is 2. The first-order chi connectivity index (χ1) is 16.6. The maximum atomic E-state index is 13.2. The molecule has 5 heterocycles. The molecule has 0 aliphatic carbocycles. The van der Waals surface area contributed by atoms with Crippen molar-refractivity contribution < 1.29 is 17.9 Å². The zero-order valence-electron chi connectivity index (χ0n) is 18.6. The number of alkyl halides is 3. The van der Waals surface area contributed by atoms with Crippen LogP contribution in [0.25, 0.3) is 16.7 Å². The second-order valence-electron chi connectivity index (χ2n) is 7.65. The molecule has 0 saturated heterocycles. The van der Waals surface area contributed by atoms with Crippen LogP contribution in [0.1, 0.15) is 5.56 Å². The van der Waals surface area contributed by atoms with Crippen molar-refractivity contribution in [3.8, 4) is 11.5 Å². The minimum Gasteiger partial charge on any atom is -0.452 e. The Balaban J connectivity index is 1.47. The summed E-state index contributed by atoms with van der Waals surface area (Å²) in [6, 6.07) is 2.42. The van der Waals surface area contributed by atoms with E-state index < -0.39 is 17.3 Å². The summed E-state index contributed by atoms with van der Waals surface area (Å²) in [6.45, 7) is 0. The van der Waals surface area contributed by atoms with Gasteiger partial charge in [-0.1, -0.05) is 0 Å². The first-order valence-corrected chi connectivity index (χ1v) is 10.2. The average Bonchev–Trinajstić information content (AvgIpc) is 3.36. The molecule has 0 aliphatic rings. The molecule has 5 aromatic rings. The molecule has 0 unspecified atom stereocenters. The lowest BCUT2D eigenvalue weighted by atomic mass is 10.2. The van der Waals surface area contributed by atoms with E-state index in [1.54, 1.807) is 47.8 Å². The van der Waals surface area contributed by atoms with Crippen LogP contribution in [0.5, 0.6) is 11.5 Å². The quantitative estimate of drug-likeness (QED) is 0.390. The normalized spacial score (nSPS) is 11.8. The van der Waals surface area contributed by atoms with Gasteiger partial charge in [-0.3, -0.25) is 4.79 Å². The maximum Gasteiger partial charge on any atom is 0.417 e. The molecule has 5 rings (SSSR count). The Morgan fingerprint density at radius 3 is 2.57 bits per heavy atom. The molecule has 5 aromatic heterocycles. The number of aryl methyl sites for hydroxylation is 2. The van der Waals surface area contributed by atoms with Crippen molar-refractivity contribution in [2.45, 2.75) is 6.18 Å². The third kappa shape index (κ3) is 3.98. The van der Waals surface area contributed by atoms with E-state index in [1.807, 2.05) is 0 Å². The predicted molar refractivity (Wildman–Crippen MR) is 121 cm³/mol. The van der Waals surface area contributed by atoms with Crippen LogP contribution in [0.15, 0.2) is 47.9 Å². The molecule has 11 nitrogen and oxygen atoms in total. The summed E-state index contributed by atoms with van der Waals surface area (Å²) in [4.78, 5) is 25.2. The van der Waals surface area contributed by atoms with Gasteiger partial charge in [0.15, 0.2) is 11.4 Å². The Kier molecular flexibility index (Phi) is 5.07. The molecule has 0 spiro atoms. The molecule has 35 heavy (non-hydrogen) atoms. The molecule has 2 N–H and O–H groups in total. The second-order valence-corrected chi connectivity index (χ2v) is 7.65. The number of aromatic nitrogens is 7. The summed E-state index contributed by atoms with van der Waals surface area (Å²) in [5.74, 6) is 1.62. The number of ether oxygens (including phenoxy) is 1. The highest BCUT2D eigenvalue weighted by molar-refractivity contribution is 5.77. The number of hydrogen-bond acceptors (Lipinski definition) is 8. The van der Waals surface area contributed by atoms with Gasteiger partial charge in [0, 0.05) is 33.4 Å². The molecule has 14 heteroatoms. The van der Waals surface area contributed by atoms with Crippen LogP contribution >= 0.6 is 0 Å². The molecule has 0 bridgehead atoms. The third-order valence-corrected chi connectivity index (χ3v) is 5.32. The number of pyridine rings is 2. The van der Waals surface area contributed by atoms with Gasteiger partial charge < -0.3 is 24.5 Å². The molecular formula is C21H18F3N9O2. The van der Waals surface area contributed by atoms with Gasteiger partial charge in [0.1, 0.15) is 22.8 Å². The Morgan fingerprint density at radius 1 is 1.03 bits per heavy atom. The van der Waals surface area contributed by atoms with E-state index in [1.165, 1.54) is 13.2 Å². The van der Waals surface area contributed by atoms with Gasteiger partial charge in [0.2, 0.25) is 5.95 Å². The second kappa shape index (κ2) is 8.00. The van der Waals surface area contributed by atoms with Crippen molar-refractivity contribution in [2.75, 3.05) is 17.7 Å². The van der Waals surface area contributed by atoms with Gasteiger partial charge >= 0.3 is 6.18 Å². The fourth-order valence-corrected chi connectivity index (χ4v) is 3.49. The molecular weight excluding hydrogens is 467 g/mol. The van der Waals surface area contributed by atoms with Crippen LogP contribution < -0.4 is 20.9 Å². The van der Waals surface area contributed by atoms with E-state index in [4.69, 9.17) is 4.74 Å². The van der Waals surface area contributed by atoms with Gasteiger partial charge in [-0.2, -0.15) is 23.3 Å². The number of anilines is 3. The number of fused-ring (bicyclic) bond motifs is 2. The van der Waals surface area contributed by atoms with Crippen LogP contribution in [0, 0.1) is 0 Å². The van der Waals surface area contributed by atoms with E-state index in [0.717, 1.165) is 16.8 Å². The van der Waals surface area contributed by atoms with E-state index in [0.29, 0.717) is 34.0 Å². The first kappa shape index (κ1) is 22.2. The summed E-state index contributed by atoms with van der Waals surface area (Å²) in [7, 11) is 4.63. The largest absolute Gasteiger partial charge is 0.452 e. The fraction of sp³-hybridized carbons (Fsp3) is 0.190. The number of halogens is 3. The standard InChI is InChI=1S/C21H18F3N9O2/c1-25-17-10-33-15(7-26-17)16(8-28-33)35-12-5-14-18(27-6-12)30-20(32(14)3)29-13-4-11(21(22,23)24)9-31(2)19(13)34/h4-10,25H,1-3H3,(H,27,29,30). The van der Waals surface area contributed by atoms with Crippen molar-refractivity contribution in [1.82, 2.24) is 33.7 Å². The summed E-state index contributed by atoms with van der Waals surface area (Å²) in [6.07, 6.45) is 2.46. The van der Waals surface area contributed by atoms with Crippen LogP contribution in [0.4, 0.5) is 30.6 Å². The SMILES string of the molecule is CNc1cn2ncc(Oc3cnc4nc(Nc5cc(C(F)(F)F)cn(C)c5=O)n(C)c4c3)c2cn1. The highest BCUT2D eigenvalue weighted by Gasteiger charge is 2.32. The monoisotopic (exact) mass is 485 g/mol. The molecule has 0 radical (unpaired) electrons. The Bertz CT molecular complexity index is 1640. The van der Waals surface area contributed by atoms with Gasteiger partial charge in [0.05, 0.1) is 35.9 Å². The van der Waals surface area contributed by atoms with E-state index in [9.17, 15) is 18.0 Å². The topological polar surface area (TPSA) is 116 Å². The summed E-state index contributed by atoms with van der Waals surface area (Å²) < 4.78 is 49.6. The van der Waals surface area contributed by atoms with Crippen LogP contribution in [0.3, 0.4) is 0 Å². The summed E-state index contributed by atoms with van der Waals surface area (Å²) in [5.41, 5.74) is -0.384. The lowest BCUT2D eigenvalue weighted by molar-refractivity contribution is -0.138. The summed E-state index contributed by atoms with van der Waals surface area (Å²) in [5, 5.41) is 9.87. The first-order valence-electron chi connectivity index (χ1n) is 10.2. The van der Waals surface area contributed by atoms with Crippen molar-refractivity contribution in [2.24, 2.45) is 14.1 Å². The minimum atomic E-state index is -4.61. The highest BCUT2D eigenvalue weighted by atomic mass is 19.4. The molecule has 0 saturated carbocycles. The third-order valence-electron chi connectivity index (χ3n) is 5.32. The zero-order chi connectivity index (χ0) is 24.9. The van der Waals surface area contributed by atoms with Gasteiger partial charge in [-0.25, -0.2) is 14.5 Å². The van der Waals surface area contributed by atoms with Gasteiger partial charge in [-0.15, -0.1) is 0 Å². The molecule has 0 aliphatic heterocycles. The van der Waals surface area contributed by atoms with Crippen molar-refractivity contribution in [1.29, 1.82) is 0 Å². The molecule has 0 fully saturated rings. The molecule has 0 aromatic carbocycles. The number of hydrogen-bond donors (Lipinski definition) is 2. The van der Waals surface area contributed by atoms with E-state index in [-0.39, 0.29) is 11.6 Å². The van der Waals surface area contributed by atoms with Crippen LogP contribution in [0.2, 0.25) is 0 Å². The molecule has 0 amide bonds. The predicted octanol–water partition coefficient (Wildman–Crippen LogP) is 3.31. The lowest BCUT2D eigenvalue weighted by Gasteiger charge is -2.12. The fourth-order valence-electron chi connectivity index (χ4n) is 3.49. The maximum absolute atomic E-state index is 13.2. The van der Waals surface area contributed by atoms with Gasteiger partial charge in [-0.05, 0) is 6.07 Å². The molecule has 0 atom stereocenters. The lowest BCUT2D eigenvalue weighted by Crippen LogP contribution is -2.23. The molecule has 180 valence electrons. The average molecular weight is 485 g/mol. The number of rotatable bonds is 5.